The molecule has 1 aromatic rings. The predicted octanol–water partition coefficient (Wildman–Crippen LogP) is 1.52. The molecule has 0 fully saturated rings. The van der Waals surface area contributed by atoms with Gasteiger partial charge in [0, 0.05) is 6.42 Å². The van der Waals surface area contributed by atoms with Crippen molar-refractivity contribution in [3.05, 3.63) is 53.6 Å². The molecule has 0 unspecified atom stereocenters. The molecular weight excluding hydrogens is 202 g/mol. The van der Waals surface area contributed by atoms with Gasteiger partial charge in [-0.05, 0) is 18.3 Å². The number of nitrogens with one attached hydrogen (secondary N) is 3. The number of hydrogen-bond donors (Lipinski definition) is 3. The van der Waals surface area contributed by atoms with Crippen molar-refractivity contribution in [2.45, 2.75) is 6.42 Å². The van der Waals surface area contributed by atoms with Crippen molar-refractivity contribution in [1.82, 2.24) is 10.6 Å². The molecule has 2 aliphatic rings. The molecule has 4 heteroatoms. The highest BCUT2D eigenvalue weighted by Gasteiger charge is 2.20. The van der Waals surface area contributed by atoms with Gasteiger partial charge in [0.15, 0.2) is 0 Å². The van der Waals surface area contributed by atoms with Crippen LogP contribution < -0.4 is 16.0 Å². The molecule has 3 N–H and O–H groups in total. The van der Waals surface area contributed by atoms with E-state index in [9.17, 15) is 4.79 Å². The topological polar surface area (TPSA) is 53.2 Å². The standard InChI is InChI=1S/C12H11N3O/c16-12-8-4-1-2-5-9(8)14-11-10(15-12)6-3-7-13-11/h1-5,7,13-14H,6H2,(H,15,16). The van der Waals surface area contributed by atoms with Crippen LogP contribution >= 0.6 is 0 Å². The van der Waals surface area contributed by atoms with Gasteiger partial charge in [-0.2, -0.15) is 0 Å². The second-order valence-electron chi connectivity index (χ2n) is 3.73. The highest BCUT2D eigenvalue weighted by Crippen LogP contribution is 2.22. The van der Waals surface area contributed by atoms with Gasteiger partial charge in [-0.25, -0.2) is 0 Å². The molecule has 0 aromatic heterocycles. The number of anilines is 1. The van der Waals surface area contributed by atoms with Gasteiger partial charge in [0.2, 0.25) is 0 Å². The fourth-order valence-electron chi connectivity index (χ4n) is 1.86. The summed E-state index contributed by atoms with van der Waals surface area (Å²) in [4.78, 5) is 11.9. The van der Waals surface area contributed by atoms with E-state index in [1.54, 1.807) is 0 Å². The Balaban J connectivity index is 2.06. The molecule has 0 spiro atoms. The Morgan fingerprint density at radius 2 is 2.00 bits per heavy atom. The SMILES string of the molecule is O=C1NC2=C(NC=CC2)Nc2ccccc21. The Labute approximate surface area is 93.0 Å². The molecule has 0 atom stereocenters. The Hall–Kier alpha value is -2.23. The van der Waals surface area contributed by atoms with Crippen LogP contribution in [0.15, 0.2) is 48.1 Å². The monoisotopic (exact) mass is 213 g/mol. The molecule has 0 aliphatic carbocycles. The first kappa shape index (κ1) is 9.03. The van der Waals surface area contributed by atoms with Crippen LogP contribution in [0.4, 0.5) is 5.69 Å². The Morgan fingerprint density at radius 1 is 1.12 bits per heavy atom. The van der Waals surface area contributed by atoms with Crippen molar-refractivity contribution in [3.8, 4) is 0 Å². The van der Waals surface area contributed by atoms with Gasteiger partial charge in [0.05, 0.1) is 16.9 Å². The molecule has 0 saturated heterocycles. The minimum absolute atomic E-state index is 0.0646. The van der Waals surface area contributed by atoms with Crippen molar-refractivity contribution in [2.24, 2.45) is 0 Å². The Bertz CT molecular complexity index is 517. The Morgan fingerprint density at radius 3 is 2.94 bits per heavy atom. The summed E-state index contributed by atoms with van der Waals surface area (Å²) in [7, 11) is 0. The number of amides is 1. The first-order valence-corrected chi connectivity index (χ1v) is 5.17. The first-order chi connectivity index (χ1) is 7.84. The lowest BCUT2D eigenvalue weighted by Gasteiger charge is -2.16. The van der Waals surface area contributed by atoms with Crippen LogP contribution in [0.3, 0.4) is 0 Å². The van der Waals surface area contributed by atoms with Crippen molar-refractivity contribution < 1.29 is 4.79 Å². The summed E-state index contributed by atoms with van der Waals surface area (Å²) >= 11 is 0. The normalized spacial score (nSPS) is 17.6. The second kappa shape index (κ2) is 3.41. The fraction of sp³-hybridized carbons (Fsp3) is 0.0833. The number of fused-ring (bicyclic) bond motifs is 1. The van der Waals surface area contributed by atoms with Gasteiger partial charge in [0.25, 0.3) is 5.91 Å². The maximum absolute atomic E-state index is 11.9. The lowest BCUT2D eigenvalue weighted by atomic mass is 10.1. The minimum Gasteiger partial charge on any atom is -0.347 e. The summed E-state index contributed by atoms with van der Waals surface area (Å²) in [5.41, 5.74) is 2.37. The molecular formula is C12H11N3O. The second-order valence-corrected chi connectivity index (χ2v) is 3.73. The van der Waals surface area contributed by atoms with E-state index >= 15 is 0 Å². The van der Waals surface area contributed by atoms with Crippen LogP contribution in [-0.4, -0.2) is 5.91 Å². The molecule has 2 heterocycles. The molecule has 80 valence electrons. The zero-order valence-electron chi connectivity index (χ0n) is 8.58. The zero-order chi connectivity index (χ0) is 11.0. The van der Waals surface area contributed by atoms with E-state index in [1.807, 2.05) is 36.5 Å². The summed E-state index contributed by atoms with van der Waals surface area (Å²) in [5, 5.41) is 9.22. The van der Waals surface area contributed by atoms with Crippen molar-refractivity contribution in [3.63, 3.8) is 0 Å². The maximum atomic E-state index is 11.9. The van der Waals surface area contributed by atoms with Gasteiger partial charge in [-0.15, -0.1) is 0 Å². The average Bonchev–Trinajstić information content (AvgIpc) is 2.45. The number of carbonyl (C=O) groups is 1. The van der Waals surface area contributed by atoms with Gasteiger partial charge in [-0.3, -0.25) is 4.79 Å². The van der Waals surface area contributed by atoms with Crippen LogP contribution in [-0.2, 0) is 0 Å². The van der Waals surface area contributed by atoms with Crippen LogP contribution in [0.25, 0.3) is 0 Å². The van der Waals surface area contributed by atoms with Crippen molar-refractivity contribution in [2.75, 3.05) is 5.32 Å². The number of allylic oxidation sites excluding steroid dienone is 1. The van der Waals surface area contributed by atoms with Gasteiger partial charge in [0.1, 0.15) is 5.82 Å². The van der Waals surface area contributed by atoms with Gasteiger partial charge in [-0.1, -0.05) is 18.2 Å². The number of para-hydroxylation sites is 1. The third-order valence-corrected chi connectivity index (χ3v) is 2.67. The Kier molecular flexibility index (Phi) is 1.93. The lowest BCUT2D eigenvalue weighted by molar-refractivity contribution is 0.0966. The smallest absolute Gasteiger partial charge is 0.257 e. The first-order valence-electron chi connectivity index (χ1n) is 5.17. The fourth-order valence-corrected chi connectivity index (χ4v) is 1.86. The van der Waals surface area contributed by atoms with Crippen molar-refractivity contribution >= 4 is 11.6 Å². The molecule has 0 bridgehead atoms. The van der Waals surface area contributed by atoms with E-state index in [0.29, 0.717) is 5.56 Å². The van der Waals surface area contributed by atoms with Crippen LogP contribution in [0.2, 0.25) is 0 Å². The van der Waals surface area contributed by atoms with Crippen molar-refractivity contribution in [1.29, 1.82) is 0 Å². The molecule has 3 rings (SSSR count). The number of rotatable bonds is 0. The number of hydrogen-bond acceptors (Lipinski definition) is 3. The molecule has 0 saturated carbocycles. The molecule has 4 nitrogen and oxygen atoms in total. The average molecular weight is 213 g/mol. The van der Waals surface area contributed by atoms with E-state index in [-0.39, 0.29) is 5.91 Å². The van der Waals surface area contributed by atoms with Crippen LogP contribution in [0.1, 0.15) is 16.8 Å². The van der Waals surface area contributed by atoms with Gasteiger partial charge >= 0.3 is 0 Å². The van der Waals surface area contributed by atoms with E-state index in [0.717, 1.165) is 23.6 Å². The highest BCUT2D eigenvalue weighted by molar-refractivity contribution is 6.01. The molecule has 2 aliphatic heterocycles. The summed E-state index contributed by atoms with van der Waals surface area (Å²) in [5.74, 6) is 0.783. The number of benzene rings is 1. The lowest BCUT2D eigenvalue weighted by Crippen LogP contribution is -2.27. The highest BCUT2D eigenvalue weighted by atomic mass is 16.1. The molecule has 1 aromatic carbocycles. The summed E-state index contributed by atoms with van der Waals surface area (Å²) in [6.07, 6.45) is 4.57. The van der Waals surface area contributed by atoms with Crippen LogP contribution in [0, 0.1) is 0 Å². The quantitative estimate of drug-likeness (QED) is 0.612. The summed E-state index contributed by atoms with van der Waals surface area (Å²) < 4.78 is 0. The zero-order valence-corrected chi connectivity index (χ0v) is 8.58. The van der Waals surface area contributed by atoms with E-state index in [1.165, 1.54) is 0 Å². The minimum atomic E-state index is -0.0646. The van der Waals surface area contributed by atoms with E-state index in [2.05, 4.69) is 16.0 Å². The molecule has 1 amide bonds. The number of dihydropyridines is 1. The largest absolute Gasteiger partial charge is 0.347 e. The third kappa shape index (κ3) is 1.35. The van der Waals surface area contributed by atoms with Gasteiger partial charge < -0.3 is 16.0 Å². The number of carbonyl (C=O) groups excluding carboxylic acids is 1. The summed E-state index contributed by atoms with van der Waals surface area (Å²) in [6.45, 7) is 0. The van der Waals surface area contributed by atoms with Crippen LogP contribution in [0.5, 0.6) is 0 Å². The van der Waals surface area contributed by atoms with E-state index < -0.39 is 0 Å². The predicted molar refractivity (Wildman–Crippen MR) is 61.4 cm³/mol. The molecule has 16 heavy (non-hydrogen) atoms. The third-order valence-electron chi connectivity index (χ3n) is 2.67. The summed E-state index contributed by atoms with van der Waals surface area (Å²) in [6, 6.07) is 7.47. The molecule has 0 radical (unpaired) electrons. The maximum Gasteiger partial charge on any atom is 0.257 e. The van der Waals surface area contributed by atoms with E-state index in [4.69, 9.17) is 0 Å².